The van der Waals surface area contributed by atoms with Crippen molar-refractivity contribution >= 4 is 5.78 Å². The van der Waals surface area contributed by atoms with Gasteiger partial charge in [0.2, 0.25) is 0 Å². The normalized spacial score (nSPS) is 49.1. The summed E-state index contributed by atoms with van der Waals surface area (Å²) in [5.74, 6) is 1.16. The Kier molecular flexibility index (Phi) is 1.83. The molecule has 0 amide bonds. The lowest BCUT2D eigenvalue weighted by molar-refractivity contribution is -0.116. The minimum atomic E-state index is -0.251. The third kappa shape index (κ3) is 1.09. The fourth-order valence-electron chi connectivity index (χ4n) is 4.53. The van der Waals surface area contributed by atoms with Crippen molar-refractivity contribution in [1.29, 1.82) is 0 Å². The van der Waals surface area contributed by atoms with Crippen molar-refractivity contribution in [3.8, 4) is 0 Å². The summed E-state index contributed by atoms with van der Waals surface area (Å²) in [6.07, 6.45) is 4.35. The van der Waals surface area contributed by atoms with Crippen molar-refractivity contribution in [1.82, 2.24) is 0 Å². The SMILES string of the molecule is CC1(C)C[C@@H]2CC3=CC(=O)C[C@@]3(C)[C@@H]2[C@H]1O. The van der Waals surface area contributed by atoms with Crippen molar-refractivity contribution in [2.45, 2.75) is 46.1 Å². The number of aliphatic hydroxyl groups excluding tert-OH is 1. The zero-order valence-corrected chi connectivity index (χ0v) is 10.3. The molecule has 3 rings (SSSR count). The van der Waals surface area contributed by atoms with Crippen LogP contribution >= 0.6 is 0 Å². The molecule has 0 aliphatic heterocycles. The second-order valence-corrected chi connectivity index (χ2v) is 6.86. The Hall–Kier alpha value is -0.630. The van der Waals surface area contributed by atoms with Gasteiger partial charge in [-0.1, -0.05) is 26.3 Å². The number of allylic oxidation sites excluding steroid dienone is 2. The molecule has 2 fully saturated rings. The van der Waals surface area contributed by atoms with E-state index in [1.165, 1.54) is 5.57 Å². The van der Waals surface area contributed by atoms with E-state index in [1.807, 2.05) is 6.08 Å². The summed E-state index contributed by atoms with van der Waals surface area (Å²) in [6, 6.07) is 0. The first-order valence-electron chi connectivity index (χ1n) is 6.26. The van der Waals surface area contributed by atoms with E-state index >= 15 is 0 Å². The lowest BCUT2D eigenvalue weighted by Gasteiger charge is -2.34. The molecule has 3 aliphatic carbocycles. The van der Waals surface area contributed by atoms with E-state index in [1.54, 1.807) is 0 Å². The highest BCUT2D eigenvalue weighted by atomic mass is 16.3. The molecule has 88 valence electrons. The summed E-state index contributed by atoms with van der Waals surface area (Å²) in [7, 11) is 0. The van der Waals surface area contributed by atoms with Crippen molar-refractivity contribution in [3.63, 3.8) is 0 Å². The molecule has 1 N–H and O–H groups in total. The third-order valence-electron chi connectivity index (χ3n) is 5.27. The predicted molar refractivity (Wildman–Crippen MR) is 61.8 cm³/mol. The quantitative estimate of drug-likeness (QED) is 0.680. The molecule has 0 aromatic rings. The molecular formula is C14H20O2. The van der Waals surface area contributed by atoms with E-state index in [4.69, 9.17) is 0 Å². The number of ketones is 1. The smallest absolute Gasteiger partial charge is 0.156 e. The summed E-state index contributed by atoms with van der Waals surface area (Å²) in [4.78, 5) is 11.6. The molecular weight excluding hydrogens is 200 g/mol. The van der Waals surface area contributed by atoms with Crippen LogP contribution in [0.3, 0.4) is 0 Å². The fourth-order valence-corrected chi connectivity index (χ4v) is 4.53. The molecule has 16 heavy (non-hydrogen) atoms. The number of carbonyl (C=O) groups is 1. The maximum absolute atomic E-state index is 11.6. The summed E-state index contributed by atoms with van der Waals surface area (Å²) in [5, 5.41) is 10.5. The first kappa shape index (κ1) is 10.5. The lowest BCUT2D eigenvalue weighted by atomic mass is 9.72. The second kappa shape index (κ2) is 2.79. The molecule has 2 heteroatoms. The van der Waals surface area contributed by atoms with Crippen molar-refractivity contribution in [2.24, 2.45) is 22.7 Å². The van der Waals surface area contributed by atoms with E-state index in [2.05, 4.69) is 20.8 Å². The predicted octanol–water partition coefficient (Wildman–Crippen LogP) is 2.32. The number of rotatable bonds is 0. The number of hydrogen-bond donors (Lipinski definition) is 1. The average molecular weight is 220 g/mol. The monoisotopic (exact) mass is 220 g/mol. The minimum Gasteiger partial charge on any atom is -0.392 e. The van der Waals surface area contributed by atoms with Gasteiger partial charge in [-0.15, -0.1) is 0 Å². The van der Waals surface area contributed by atoms with Gasteiger partial charge in [-0.25, -0.2) is 0 Å². The van der Waals surface area contributed by atoms with Crippen molar-refractivity contribution in [2.75, 3.05) is 0 Å². The Balaban J connectivity index is 2.02. The van der Waals surface area contributed by atoms with Crippen LogP contribution in [0.5, 0.6) is 0 Å². The number of aliphatic hydroxyl groups is 1. The highest BCUT2D eigenvalue weighted by Gasteiger charge is 2.61. The molecule has 2 saturated carbocycles. The van der Waals surface area contributed by atoms with Gasteiger partial charge in [0.25, 0.3) is 0 Å². The largest absolute Gasteiger partial charge is 0.392 e. The second-order valence-electron chi connectivity index (χ2n) is 6.86. The van der Waals surface area contributed by atoms with Gasteiger partial charge in [0.15, 0.2) is 5.78 Å². The van der Waals surface area contributed by atoms with Gasteiger partial charge in [0.05, 0.1) is 6.10 Å². The molecule has 0 unspecified atom stereocenters. The van der Waals surface area contributed by atoms with E-state index in [9.17, 15) is 9.90 Å². The Labute approximate surface area is 96.7 Å². The van der Waals surface area contributed by atoms with Gasteiger partial charge in [0, 0.05) is 11.8 Å². The van der Waals surface area contributed by atoms with E-state index in [0.29, 0.717) is 18.3 Å². The fraction of sp³-hybridized carbons (Fsp3) is 0.786. The summed E-state index contributed by atoms with van der Waals surface area (Å²) in [6.45, 7) is 6.48. The maximum atomic E-state index is 11.6. The zero-order valence-electron chi connectivity index (χ0n) is 10.3. The molecule has 0 heterocycles. The van der Waals surface area contributed by atoms with E-state index in [-0.39, 0.29) is 22.7 Å². The number of carbonyl (C=O) groups excluding carboxylic acids is 1. The Morgan fingerprint density at radius 3 is 2.75 bits per heavy atom. The first-order valence-corrected chi connectivity index (χ1v) is 6.26. The summed E-state index contributed by atoms with van der Waals surface area (Å²) in [5.41, 5.74) is 1.30. The van der Waals surface area contributed by atoms with Crippen LogP contribution in [0.2, 0.25) is 0 Å². The maximum Gasteiger partial charge on any atom is 0.156 e. The van der Waals surface area contributed by atoms with Crippen LogP contribution in [0.25, 0.3) is 0 Å². The van der Waals surface area contributed by atoms with Crippen LogP contribution in [0.15, 0.2) is 11.6 Å². The molecule has 0 saturated heterocycles. The highest BCUT2D eigenvalue weighted by Crippen LogP contribution is 2.64. The average Bonchev–Trinajstić information content (AvgIpc) is 2.59. The molecule has 0 bridgehead atoms. The molecule has 0 aromatic heterocycles. The van der Waals surface area contributed by atoms with Crippen molar-refractivity contribution in [3.05, 3.63) is 11.6 Å². The van der Waals surface area contributed by atoms with Gasteiger partial charge in [-0.3, -0.25) is 4.79 Å². The minimum absolute atomic E-state index is 0.0233. The van der Waals surface area contributed by atoms with Crippen LogP contribution in [0.1, 0.15) is 40.0 Å². The molecule has 4 atom stereocenters. The lowest BCUT2D eigenvalue weighted by Crippen LogP contribution is -2.36. The van der Waals surface area contributed by atoms with Crippen LogP contribution in [-0.4, -0.2) is 17.0 Å². The van der Waals surface area contributed by atoms with Crippen LogP contribution < -0.4 is 0 Å². The van der Waals surface area contributed by atoms with E-state index < -0.39 is 0 Å². The Bertz CT molecular complexity index is 394. The number of fused-ring (bicyclic) bond motifs is 3. The van der Waals surface area contributed by atoms with Crippen LogP contribution in [0.4, 0.5) is 0 Å². The van der Waals surface area contributed by atoms with Gasteiger partial charge in [-0.2, -0.15) is 0 Å². The Morgan fingerprint density at radius 1 is 1.38 bits per heavy atom. The molecule has 0 aromatic carbocycles. The molecule has 0 radical (unpaired) electrons. The molecule has 3 aliphatic rings. The first-order chi connectivity index (χ1) is 7.34. The standard InChI is InChI=1S/C14H20O2/c1-13(2)6-8-4-9-5-10(15)7-14(9,3)11(8)12(13)16/h5,8,11-12,16H,4,6-7H2,1-3H3/t8-,11-,12+,14+/m0/s1. The van der Waals surface area contributed by atoms with Gasteiger partial charge in [0.1, 0.15) is 0 Å². The van der Waals surface area contributed by atoms with Gasteiger partial charge in [-0.05, 0) is 36.2 Å². The molecule has 0 spiro atoms. The summed E-state index contributed by atoms with van der Waals surface area (Å²) >= 11 is 0. The van der Waals surface area contributed by atoms with Crippen molar-refractivity contribution < 1.29 is 9.90 Å². The van der Waals surface area contributed by atoms with Gasteiger partial charge >= 0.3 is 0 Å². The summed E-state index contributed by atoms with van der Waals surface area (Å²) < 4.78 is 0. The third-order valence-corrected chi connectivity index (χ3v) is 5.27. The Morgan fingerprint density at radius 2 is 2.06 bits per heavy atom. The highest BCUT2D eigenvalue weighted by molar-refractivity contribution is 5.94. The topological polar surface area (TPSA) is 37.3 Å². The van der Waals surface area contributed by atoms with Gasteiger partial charge < -0.3 is 5.11 Å². The van der Waals surface area contributed by atoms with E-state index in [0.717, 1.165) is 12.8 Å². The number of hydrogen-bond acceptors (Lipinski definition) is 2. The van der Waals surface area contributed by atoms with Crippen LogP contribution in [-0.2, 0) is 4.79 Å². The zero-order chi connectivity index (χ0) is 11.7. The van der Waals surface area contributed by atoms with Crippen LogP contribution in [0, 0.1) is 22.7 Å². The molecule has 2 nitrogen and oxygen atoms in total.